The Hall–Kier alpha value is -5.02. The molecule has 5 aromatic rings. The van der Waals surface area contributed by atoms with E-state index in [-0.39, 0.29) is 5.91 Å². The van der Waals surface area contributed by atoms with E-state index in [1.54, 1.807) is 36.4 Å². The van der Waals surface area contributed by atoms with Crippen molar-refractivity contribution in [2.75, 3.05) is 16.8 Å². The number of carbonyl (C=O) groups is 2. The number of hydrogen-bond donors (Lipinski definition) is 3. The number of H-pyrrole nitrogens is 1. The van der Waals surface area contributed by atoms with E-state index < -0.39 is 5.91 Å². The molecule has 5 heterocycles. The number of aromatic amines is 1. The molecule has 188 valence electrons. The monoisotopic (exact) mass is 523 g/mol. The number of nitrogens with one attached hydrogen (secondary N) is 2. The average molecular weight is 524 g/mol. The molecular weight excluding hydrogens is 502 g/mol. The average Bonchev–Trinajstić information content (AvgIpc) is 3.64. The summed E-state index contributed by atoms with van der Waals surface area (Å²) in [6, 6.07) is 9.78. The summed E-state index contributed by atoms with van der Waals surface area (Å²) in [7, 11) is 1.74. The fourth-order valence-corrected chi connectivity index (χ4v) is 5.78. The fraction of sp³-hybridized carbons (Fsp3) is 0.154. The van der Waals surface area contributed by atoms with Crippen LogP contribution in [-0.2, 0) is 20.0 Å². The van der Waals surface area contributed by atoms with Gasteiger partial charge < -0.3 is 20.9 Å². The normalized spacial score (nSPS) is 12.8. The molecular formula is C26H21N9O2S. The Labute approximate surface area is 220 Å². The van der Waals surface area contributed by atoms with Crippen molar-refractivity contribution >= 4 is 45.0 Å². The molecule has 0 radical (unpaired) electrons. The van der Waals surface area contributed by atoms with Gasteiger partial charge in [-0.15, -0.1) is 11.3 Å². The number of hydrogen-bond acceptors (Lipinski definition) is 8. The Morgan fingerprint density at radius 3 is 2.71 bits per heavy atom. The van der Waals surface area contributed by atoms with Gasteiger partial charge in [-0.25, -0.2) is 9.97 Å². The van der Waals surface area contributed by atoms with Crippen molar-refractivity contribution in [2.45, 2.75) is 13.0 Å². The van der Waals surface area contributed by atoms with Crippen LogP contribution in [0.4, 0.5) is 10.9 Å². The van der Waals surface area contributed by atoms with Gasteiger partial charge in [0.2, 0.25) is 5.95 Å². The number of anilines is 2. The number of aryl methyl sites for hydroxylation is 1. The van der Waals surface area contributed by atoms with Gasteiger partial charge in [0.1, 0.15) is 16.8 Å². The number of carbonyl (C=O) groups excluding carboxylic acids is 2. The van der Waals surface area contributed by atoms with Crippen molar-refractivity contribution < 1.29 is 9.59 Å². The maximum absolute atomic E-state index is 12.6. The van der Waals surface area contributed by atoms with Gasteiger partial charge in [-0.05, 0) is 35.7 Å². The van der Waals surface area contributed by atoms with E-state index in [0.717, 1.165) is 32.5 Å². The highest BCUT2D eigenvalue weighted by Gasteiger charge is 2.27. The lowest BCUT2D eigenvalue weighted by Crippen LogP contribution is -2.31. The molecule has 0 atom stereocenters. The van der Waals surface area contributed by atoms with Gasteiger partial charge in [-0.1, -0.05) is 6.07 Å². The second-order valence-electron chi connectivity index (χ2n) is 8.97. The molecule has 38 heavy (non-hydrogen) atoms. The minimum Gasteiger partial charge on any atom is -0.364 e. The summed E-state index contributed by atoms with van der Waals surface area (Å²) in [5, 5.41) is 18.1. The van der Waals surface area contributed by atoms with Crippen LogP contribution in [0.2, 0.25) is 0 Å². The third-order valence-electron chi connectivity index (χ3n) is 6.50. The lowest BCUT2D eigenvalue weighted by molar-refractivity contribution is 0.0994. The highest BCUT2D eigenvalue weighted by molar-refractivity contribution is 7.16. The van der Waals surface area contributed by atoms with Gasteiger partial charge >= 0.3 is 0 Å². The summed E-state index contributed by atoms with van der Waals surface area (Å²) in [5.74, 6) is -0.214. The van der Waals surface area contributed by atoms with Crippen LogP contribution in [0.1, 0.15) is 36.9 Å². The van der Waals surface area contributed by atoms with E-state index in [1.807, 2.05) is 18.2 Å². The number of primary amides is 1. The van der Waals surface area contributed by atoms with Crippen LogP contribution < -0.4 is 16.0 Å². The summed E-state index contributed by atoms with van der Waals surface area (Å²) in [6.07, 6.45) is 7.32. The van der Waals surface area contributed by atoms with Gasteiger partial charge in [-0.3, -0.25) is 14.3 Å². The fourth-order valence-electron chi connectivity index (χ4n) is 4.57. The van der Waals surface area contributed by atoms with Crippen LogP contribution in [0, 0.1) is 11.3 Å². The molecule has 1 aromatic carbocycles. The first-order chi connectivity index (χ1) is 18.4. The lowest BCUT2D eigenvalue weighted by atomic mass is 10.0. The van der Waals surface area contributed by atoms with Crippen molar-refractivity contribution in [3.8, 4) is 17.2 Å². The van der Waals surface area contributed by atoms with Crippen LogP contribution in [0.15, 0.2) is 49.1 Å². The molecule has 4 aromatic heterocycles. The van der Waals surface area contributed by atoms with E-state index >= 15 is 0 Å². The maximum Gasteiger partial charge on any atom is 0.265 e. The summed E-state index contributed by atoms with van der Waals surface area (Å²) in [5.41, 5.74) is 10.2. The minimum atomic E-state index is -0.504. The number of nitriles is 1. The van der Waals surface area contributed by atoms with Crippen molar-refractivity contribution in [3.05, 3.63) is 76.3 Å². The van der Waals surface area contributed by atoms with Crippen LogP contribution in [-0.4, -0.2) is 43.1 Å². The van der Waals surface area contributed by atoms with Crippen LogP contribution in [0.25, 0.3) is 22.0 Å². The molecule has 4 N–H and O–H groups in total. The second-order valence-corrected chi connectivity index (χ2v) is 10.1. The lowest BCUT2D eigenvalue weighted by Gasteiger charge is -2.26. The van der Waals surface area contributed by atoms with Crippen molar-refractivity contribution in [1.29, 1.82) is 5.26 Å². The summed E-state index contributed by atoms with van der Waals surface area (Å²) in [6.45, 7) is 1.20. The number of nitrogens with zero attached hydrogens (tertiary/aromatic N) is 6. The molecule has 6 rings (SSSR count). The van der Waals surface area contributed by atoms with E-state index in [4.69, 9.17) is 5.73 Å². The summed E-state index contributed by atoms with van der Waals surface area (Å²) < 4.78 is 1.56. The molecule has 0 spiro atoms. The first-order valence-electron chi connectivity index (χ1n) is 11.7. The van der Waals surface area contributed by atoms with Crippen LogP contribution in [0.3, 0.4) is 0 Å². The number of fused-ring (bicyclic) bond motifs is 2. The zero-order valence-corrected chi connectivity index (χ0v) is 21.0. The molecule has 1 aliphatic heterocycles. The number of rotatable bonds is 5. The highest BCUT2D eigenvalue weighted by atomic mass is 32.1. The quantitative estimate of drug-likeness (QED) is 0.319. The van der Waals surface area contributed by atoms with E-state index in [9.17, 15) is 14.9 Å². The maximum atomic E-state index is 12.6. The zero-order valence-electron chi connectivity index (χ0n) is 20.2. The Kier molecular flexibility index (Phi) is 5.62. The third-order valence-corrected chi connectivity index (χ3v) is 7.64. The molecule has 0 bridgehead atoms. The number of thiophene rings is 1. The van der Waals surface area contributed by atoms with E-state index in [0.29, 0.717) is 47.3 Å². The Morgan fingerprint density at radius 2 is 2.00 bits per heavy atom. The van der Waals surface area contributed by atoms with Gasteiger partial charge in [-0.2, -0.15) is 10.4 Å². The summed E-state index contributed by atoms with van der Waals surface area (Å²) in [4.78, 5) is 39.4. The standard InChI is InChI=1S/C26H21N9O2S/c1-34-12-17(11-31-34)24(37)33-25-19(8-27)18-4-5-35(13-22(18)38-25)26-29-9-16(10-30-26)14-2-3-20-15(6-14)7-21(32-20)23(28)36/h2-3,6-7,9-12,32H,4-5,13H2,1H3,(H2,28,36)(H,33,37). The number of amides is 2. The Morgan fingerprint density at radius 1 is 1.18 bits per heavy atom. The molecule has 2 amide bonds. The third kappa shape index (κ3) is 4.14. The Bertz CT molecular complexity index is 1760. The van der Waals surface area contributed by atoms with E-state index in [1.165, 1.54) is 17.5 Å². The summed E-state index contributed by atoms with van der Waals surface area (Å²) >= 11 is 1.41. The number of nitrogens with two attached hydrogens (primary N) is 1. The van der Waals surface area contributed by atoms with Crippen molar-refractivity contribution in [1.82, 2.24) is 24.7 Å². The molecule has 0 saturated heterocycles. The number of benzene rings is 1. The highest BCUT2D eigenvalue weighted by Crippen LogP contribution is 2.37. The molecule has 0 aliphatic carbocycles. The molecule has 12 heteroatoms. The van der Waals surface area contributed by atoms with E-state index in [2.05, 4.69) is 36.3 Å². The predicted molar refractivity (Wildman–Crippen MR) is 143 cm³/mol. The van der Waals surface area contributed by atoms with Crippen molar-refractivity contribution in [3.63, 3.8) is 0 Å². The van der Waals surface area contributed by atoms with Gasteiger partial charge in [0.25, 0.3) is 11.8 Å². The SMILES string of the molecule is Cn1cc(C(=O)Nc2sc3c(c2C#N)CCN(c2ncc(-c4ccc5[nH]c(C(N)=O)cc5c4)cn2)C3)cn1. The first-order valence-corrected chi connectivity index (χ1v) is 12.6. The van der Waals surface area contributed by atoms with Gasteiger partial charge in [0, 0.05) is 53.5 Å². The van der Waals surface area contributed by atoms with Gasteiger partial charge in [0.05, 0.1) is 23.9 Å². The topological polar surface area (TPSA) is 159 Å². The molecule has 1 aliphatic rings. The number of aromatic nitrogens is 5. The predicted octanol–water partition coefficient (Wildman–Crippen LogP) is 3.21. The Balaban J connectivity index is 1.21. The van der Waals surface area contributed by atoms with Crippen LogP contribution >= 0.6 is 11.3 Å². The zero-order chi connectivity index (χ0) is 26.4. The van der Waals surface area contributed by atoms with Gasteiger partial charge in [0.15, 0.2) is 0 Å². The van der Waals surface area contributed by atoms with Crippen molar-refractivity contribution in [2.24, 2.45) is 12.8 Å². The molecule has 0 fully saturated rings. The largest absolute Gasteiger partial charge is 0.364 e. The second kappa shape index (κ2) is 9.13. The minimum absolute atomic E-state index is 0.298. The smallest absolute Gasteiger partial charge is 0.265 e. The van der Waals surface area contributed by atoms with Crippen LogP contribution in [0.5, 0.6) is 0 Å². The first kappa shape index (κ1) is 23.4. The molecule has 11 nitrogen and oxygen atoms in total. The molecule has 0 saturated carbocycles. The molecule has 0 unspecified atom stereocenters.